The Bertz CT molecular complexity index is 541. The molecule has 1 N–H and O–H groups in total. The lowest BCUT2D eigenvalue weighted by Gasteiger charge is -2.20. The van der Waals surface area contributed by atoms with Gasteiger partial charge in [0.05, 0.1) is 6.61 Å². The van der Waals surface area contributed by atoms with E-state index in [0.717, 1.165) is 23.2 Å². The van der Waals surface area contributed by atoms with E-state index in [2.05, 4.69) is 51.7 Å². The molecular weight excluding hydrogens is 334 g/mol. The fourth-order valence-corrected chi connectivity index (χ4v) is 3.75. The normalized spacial score (nSPS) is 12.3. The first-order valence-corrected chi connectivity index (χ1v) is 8.59. The van der Waals surface area contributed by atoms with Crippen LogP contribution in [0.15, 0.2) is 40.2 Å². The first-order valence-electron chi connectivity index (χ1n) is 6.92. The van der Waals surface area contributed by atoms with Crippen LogP contribution < -0.4 is 10.1 Å². The summed E-state index contributed by atoms with van der Waals surface area (Å²) in [6, 6.07) is 10.8. The predicted octanol–water partition coefficient (Wildman–Crippen LogP) is 4.80. The predicted molar refractivity (Wildman–Crippen MR) is 89.8 cm³/mol. The minimum atomic E-state index is 0.285. The molecule has 0 bridgehead atoms. The van der Waals surface area contributed by atoms with Crippen molar-refractivity contribution in [1.29, 1.82) is 0 Å². The van der Waals surface area contributed by atoms with Gasteiger partial charge in [-0.2, -0.15) is 0 Å². The van der Waals surface area contributed by atoms with Crippen molar-refractivity contribution in [3.63, 3.8) is 0 Å². The van der Waals surface area contributed by atoms with E-state index >= 15 is 0 Å². The van der Waals surface area contributed by atoms with E-state index in [1.807, 2.05) is 19.1 Å². The van der Waals surface area contributed by atoms with Crippen LogP contribution in [-0.4, -0.2) is 13.2 Å². The molecule has 1 aromatic carbocycles. The Morgan fingerprint density at radius 1 is 1.30 bits per heavy atom. The third kappa shape index (κ3) is 4.08. The summed E-state index contributed by atoms with van der Waals surface area (Å²) in [4.78, 5) is 1.37. The molecule has 108 valence electrons. The van der Waals surface area contributed by atoms with E-state index in [4.69, 9.17) is 4.74 Å². The van der Waals surface area contributed by atoms with Crippen LogP contribution in [-0.2, 0) is 6.42 Å². The van der Waals surface area contributed by atoms with Crippen LogP contribution in [0, 0.1) is 0 Å². The first kappa shape index (κ1) is 15.5. The average Bonchev–Trinajstić information content (AvgIpc) is 2.85. The van der Waals surface area contributed by atoms with Gasteiger partial charge >= 0.3 is 0 Å². The number of likely N-dealkylation sites (N-methyl/N-ethyl adjacent to an activating group) is 1. The maximum Gasteiger partial charge on any atom is 0.124 e. The number of thiophene rings is 1. The van der Waals surface area contributed by atoms with Gasteiger partial charge < -0.3 is 10.1 Å². The van der Waals surface area contributed by atoms with Gasteiger partial charge in [0.2, 0.25) is 0 Å². The Balaban J connectivity index is 2.23. The number of ether oxygens (including phenoxy) is 1. The van der Waals surface area contributed by atoms with Crippen molar-refractivity contribution < 1.29 is 4.74 Å². The second-order valence-corrected chi connectivity index (χ2v) is 6.43. The van der Waals surface area contributed by atoms with Gasteiger partial charge in [0, 0.05) is 32.8 Å². The zero-order valence-electron chi connectivity index (χ0n) is 11.9. The maximum atomic E-state index is 5.76. The molecule has 0 saturated carbocycles. The lowest BCUT2D eigenvalue weighted by Crippen LogP contribution is -2.23. The number of benzene rings is 1. The third-order valence-electron chi connectivity index (χ3n) is 3.07. The Hall–Kier alpha value is -0.840. The molecule has 0 saturated heterocycles. The van der Waals surface area contributed by atoms with Crippen LogP contribution >= 0.6 is 27.3 Å². The second-order valence-electron chi connectivity index (χ2n) is 4.52. The minimum Gasteiger partial charge on any atom is -0.494 e. The zero-order valence-corrected chi connectivity index (χ0v) is 14.3. The smallest absolute Gasteiger partial charge is 0.124 e. The molecule has 0 aliphatic rings. The van der Waals surface area contributed by atoms with Crippen LogP contribution in [0.4, 0.5) is 0 Å². The standard InChI is InChI=1S/C16H20BrNOS/c1-3-18-15(10-13-9-12(17)11-20-13)14-7-5-6-8-16(14)19-4-2/h5-9,11,15,18H,3-4,10H2,1-2H3. The molecule has 2 aromatic rings. The highest BCUT2D eigenvalue weighted by Gasteiger charge is 2.16. The summed E-state index contributed by atoms with van der Waals surface area (Å²) in [5.41, 5.74) is 1.24. The molecule has 1 heterocycles. The van der Waals surface area contributed by atoms with Gasteiger partial charge in [-0.05, 0) is 41.5 Å². The highest BCUT2D eigenvalue weighted by atomic mass is 79.9. The Kier molecular flexibility index (Phi) is 6.07. The number of halogens is 1. The number of hydrogen-bond acceptors (Lipinski definition) is 3. The fourth-order valence-electron chi connectivity index (χ4n) is 2.26. The molecule has 0 spiro atoms. The number of rotatable bonds is 7. The molecule has 0 aliphatic carbocycles. The average molecular weight is 354 g/mol. The zero-order chi connectivity index (χ0) is 14.4. The summed E-state index contributed by atoms with van der Waals surface area (Å²) in [6.07, 6.45) is 0.980. The van der Waals surface area contributed by atoms with Gasteiger partial charge in [0.1, 0.15) is 5.75 Å². The first-order chi connectivity index (χ1) is 9.74. The van der Waals surface area contributed by atoms with E-state index in [1.54, 1.807) is 11.3 Å². The van der Waals surface area contributed by atoms with Gasteiger partial charge in [-0.3, -0.25) is 0 Å². The molecule has 1 unspecified atom stereocenters. The van der Waals surface area contributed by atoms with Gasteiger partial charge in [-0.1, -0.05) is 25.1 Å². The number of hydrogen-bond donors (Lipinski definition) is 1. The molecule has 0 amide bonds. The van der Waals surface area contributed by atoms with Crippen molar-refractivity contribution >= 4 is 27.3 Å². The summed E-state index contributed by atoms with van der Waals surface area (Å²) in [6.45, 7) is 5.80. The third-order valence-corrected chi connectivity index (χ3v) is 4.79. The van der Waals surface area contributed by atoms with Crippen molar-refractivity contribution in [3.05, 3.63) is 50.6 Å². The van der Waals surface area contributed by atoms with Gasteiger partial charge in [0.25, 0.3) is 0 Å². The Morgan fingerprint density at radius 3 is 2.75 bits per heavy atom. The summed E-state index contributed by atoms with van der Waals surface area (Å²) < 4.78 is 6.92. The Labute approximate surface area is 133 Å². The molecule has 0 radical (unpaired) electrons. The van der Waals surface area contributed by atoms with E-state index in [9.17, 15) is 0 Å². The molecule has 2 nitrogen and oxygen atoms in total. The van der Waals surface area contributed by atoms with E-state index in [0.29, 0.717) is 6.61 Å². The molecule has 0 fully saturated rings. The minimum absolute atomic E-state index is 0.285. The van der Waals surface area contributed by atoms with E-state index in [1.165, 1.54) is 10.4 Å². The topological polar surface area (TPSA) is 21.3 Å². The van der Waals surface area contributed by atoms with Gasteiger partial charge in [-0.25, -0.2) is 0 Å². The van der Waals surface area contributed by atoms with Crippen molar-refractivity contribution in [1.82, 2.24) is 5.32 Å². The highest BCUT2D eigenvalue weighted by Crippen LogP contribution is 2.30. The molecule has 20 heavy (non-hydrogen) atoms. The molecular formula is C16H20BrNOS. The summed E-state index contributed by atoms with van der Waals surface area (Å²) >= 11 is 5.31. The fraction of sp³-hybridized carbons (Fsp3) is 0.375. The molecule has 0 aliphatic heterocycles. The lowest BCUT2D eigenvalue weighted by atomic mass is 10.0. The summed E-state index contributed by atoms with van der Waals surface area (Å²) in [7, 11) is 0. The van der Waals surface area contributed by atoms with Gasteiger partial charge in [-0.15, -0.1) is 11.3 Å². The SMILES string of the molecule is CCNC(Cc1cc(Br)cs1)c1ccccc1OCC. The maximum absolute atomic E-state index is 5.76. The van der Waals surface area contributed by atoms with Crippen LogP contribution in [0.2, 0.25) is 0 Å². The van der Waals surface area contributed by atoms with Crippen LogP contribution in [0.3, 0.4) is 0 Å². The quantitative estimate of drug-likeness (QED) is 0.771. The van der Waals surface area contributed by atoms with Crippen molar-refractivity contribution in [2.45, 2.75) is 26.3 Å². The lowest BCUT2D eigenvalue weighted by molar-refractivity contribution is 0.331. The van der Waals surface area contributed by atoms with Crippen molar-refractivity contribution in [3.8, 4) is 5.75 Å². The van der Waals surface area contributed by atoms with Crippen LogP contribution in [0.25, 0.3) is 0 Å². The summed E-state index contributed by atoms with van der Waals surface area (Å²) in [5, 5.41) is 5.70. The highest BCUT2D eigenvalue weighted by molar-refractivity contribution is 9.10. The largest absolute Gasteiger partial charge is 0.494 e. The van der Waals surface area contributed by atoms with Crippen LogP contribution in [0.1, 0.15) is 30.3 Å². The monoisotopic (exact) mass is 353 g/mol. The second kappa shape index (κ2) is 7.81. The molecule has 1 atom stereocenters. The Morgan fingerprint density at radius 2 is 2.10 bits per heavy atom. The van der Waals surface area contributed by atoms with Crippen molar-refractivity contribution in [2.24, 2.45) is 0 Å². The molecule has 2 rings (SSSR count). The van der Waals surface area contributed by atoms with E-state index in [-0.39, 0.29) is 6.04 Å². The molecule has 4 heteroatoms. The molecule has 1 aromatic heterocycles. The van der Waals surface area contributed by atoms with E-state index < -0.39 is 0 Å². The van der Waals surface area contributed by atoms with Gasteiger partial charge in [0.15, 0.2) is 0 Å². The van der Waals surface area contributed by atoms with Crippen LogP contribution in [0.5, 0.6) is 5.75 Å². The number of para-hydroxylation sites is 1. The number of nitrogens with one attached hydrogen (secondary N) is 1. The van der Waals surface area contributed by atoms with Crippen molar-refractivity contribution in [2.75, 3.05) is 13.2 Å². The summed E-state index contributed by atoms with van der Waals surface area (Å²) in [5.74, 6) is 0.983.